The Labute approximate surface area is 442 Å². The van der Waals surface area contributed by atoms with E-state index < -0.39 is 67.3 Å². The van der Waals surface area contributed by atoms with Crippen molar-refractivity contribution in [1.82, 2.24) is 0 Å². The molecule has 1 fully saturated rings. The molecule has 12 nitrogen and oxygen atoms in total. The highest BCUT2D eigenvalue weighted by atomic mass is 16.7. The Balaban J connectivity index is 2.73. The number of allylic oxidation sites excluding steroid dienone is 12. The Morgan fingerprint density at radius 2 is 0.863 bits per heavy atom. The maximum atomic E-state index is 13.1. The summed E-state index contributed by atoms with van der Waals surface area (Å²) in [6.07, 6.45) is 48.9. The lowest BCUT2D eigenvalue weighted by Gasteiger charge is -2.40. The van der Waals surface area contributed by atoms with Gasteiger partial charge >= 0.3 is 23.9 Å². The van der Waals surface area contributed by atoms with Crippen molar-refractivity contribution in [3.63, 3.8) is 0 Å². The number of carboxylic acid groups (broad SMARTS) is 1. The van der Waals surface area contributed by atoms with Gasteiger partial charge in [0.2, 0.25) is 0 Å². The molecule has 3 N–H and O–H groups in total. The molecule has 1 saturated heterocycles. The molecule has 6 atom stereocenters. The molecule has 1 heterocycles. The SMILES string of the molecule is CC/C=C\C/C=C\C/C=C\C/C=C\C/C=C\C/C=C\CCC(=O)OCC(COC1OC(C(=O)O)C(O)C(O)C1OC(=O)CCCCCCCCCCCCCCC)OC(=O)CCCCCCCCCCCCC. The number of aliphatic carboxylic acids is 1. The number of carboxylic acids is 1. The van der Waals surface area contributed by atoms with E-state index >= 15 is 0 Å². The molecule has 0 saturated carbocycles. The molecular formula is C61H102O12. The minimum absolute atomic E-state index is 0.0555. The lowest BCUT2D eigenvalue weighted by atomic mass is 9.98. The molecule has 0 spiro atoms. The van der Waals surface area contributed by atoms with Crippen molar-refractivity contribution in [3.05, 3.63) is 72.9 Å². The van der Waals surface area contributed by atoms with E-state index in [1.54, 1.807) is 0 Å². The molecule has 1 aliphatic rings. The first-order valence-electron chi connectivity index (χ1n) is 28.9. The van der Waals surface area contributed by atoms with Gasteiger partial charge in [-0.25, -0.2) is 4.79 Å². The first-order chi connectivity index (χ1) is 35.6. The quantitative estimate of drug-likeness (QED) is 0.0228. The number of aliphatic hydroxyl groups is 2. The van der Waals surface area contributed by atoms with E-state index in [0.717, 1.165) is 83.5 Å². The zero-order valence-corrected chi connectivity index (χ0v) is 45.9. The topological polar surface area (TPSA) is 175 Å². The summed E-state index contributed by atoms with van der Waals surface area (Å²) in [5.41, 5.74) is 0. The molecule has 0 amide bonds. The van der Waals surface area contributed by atoms with Gasteiger partial charge in [0.25, 0.3) is 0 Å². The lowest BCUT2D eigenvalue weighted by Crippen LogP contribution is -2.61. The van der Waals surface area contributed by atoms with E-state index in [0.29, 0.717) is 19.3 Å². The van der Waals surface area contributed by atoms with Gasteiger partial charge in [-0.05, 0) is 57.8 Å². The van der Waals surface area contributed by atoms with Crippen LogP contribution in [0.4, 0.5) is 0 Å². The molecular weight excluding hydrogens is 925 g/mol. The third kappa shape index (κ3) is 39.3. The van der Waals surface area contributed by atoms with Crippen molar-refractivity contribution < 1.29 is 58.2 Å². The number of rotatable bonds is 48. The molecule has 1 aliphatic heterocycles. The Morgan fingerprint density at radius 3 is 1.29 bits per heavy atom. The summed E-state index contributed by atoms with van der Waals surface area (Å²) in [5, 5.41) is 31.4. The van der Waals surface area contributed by atoms with Crippen molar-refractivity contribution in [2.75, 3.05) is 13.2 Å². The van der Waals surface area contributed by atoms with Crippen molar-refractivity contribution in [1.29, 1.82) is 0 Å². The van der Waals surface area contributed by atoms with E-state index in [1.807, 2.05) is 12.2 Å². The highest BCUT2D eigenvalue weighted by Gasteiger charge is 2.50. The van der Waals surface area contributed by atoms with Crippen molar-refractivity contribution in [2.45, 2.75) is 276 Å². The molecule has 0 aromatic rings. The van der Waals surface area contributed by atoms with Crippen LogP contribution in [-0.4, -0.2) is 89.2 Å². The summed E-state index contributed by atoms with van der Waals surface area (Å²) in [5.74, 6) is -3.22. The molecule has 0 aromatic carbocycles. The van der Waals surface area contributed by atoms with E-state index in [9.17, 15) is 34.5 Å². The number of esters is 3. The average molecular weight is 1030 g/mol. The zero-order chi connectivity index (χ0) is 53.3. The molecule has 12 heteroatoms. The van der Waals surface area contributed by atoms with Crippen LogP contribution in [-0.2, 0) is 42.9 Å². The highest BCUT2D eigenvalue weighted by molar-refractivity contribution is 5.74. The Bertz CT molecular complexity index is 1550. The normalized spacial score (nSPS) is 18.8. The maximum absolute atomic E-state index is 13.1. The third-order valence-electron chi connectivity index (χ3n) is 12.8. The number of aliphatic hydroxyl groups excluding tert-OH is 2. The molecule has 0 aliphatic carbocycles. The number of carbonyl (C=O) groups is 4. The molecule has 0 radical (unpaired) electrons. The summed E-state index contributed by atoms with van der Waals surface area (Å²) in [7, 11) is 0. The van der Waals surface area contributed by atoms with Crippen LogP contribution in [0.3, 0.4) is 0 Å². The predicted octanol–water partition coefficient (Wildman–Crippen LogP) is 14.6. The molecule has 418 valence electrons. The van der Waals surface area contributed by atoms with Gasteiger partial charge in [0.15, 0.2) is 24.6 Å². The first-order valence-corrected chi connectivity index (χ1v) is 28.9. The molecule has 0 bridgehead atoms. The van der Waals surface area contributed by atoms with Gasteiger partial charge in [0.05, 0.1) is 6.61 Å². The van der Waals surface area contributed by atoms with Crippen LogP contribution >= 0.6 is 0 Å². The second kappa shape index (κ2) is 49.1. The monoisotopic (exact) mass is 1030 g/mol. The smallest absolute Gasteiger partial charge is 0.335 e. The van der Waals surface area contributed by atoms with Crippen LogP contribution in [0.2, 0.25) is 0 Å². The van der Waals surface area contributed by atoms with Crippen LogP contribution in [0.25, 0.3) is 0 Å². The molecule has 6 unspecified atom stereocenters. The van der Waals surface area contributed by atoms with E-state index in [-0.39, 0.29) is 25.9 Å². The Kier molecular flexibility index (Phi) is 45.1. The van der Waals surface area contributed by atoms with Crippen molar-refractivity contribution in [2.24, 2.45) is 0 Å². The second-order valence-corrected chi connectivity index (χ2v) is 19.6. The number of carbonyl (C=O) groups excluding carboxylic acids is 3. The predicted molar refractivity (Wildman–Crippen MR) is 294 cm³/mol. The Hall–Kier alpha value is -3.84. The molecule has 1 rings (SSSR count). The van der Waals surface area contributed by atoms with Crippen LogP contribution in [0.5, 0.6) is 0 Å². The average Bonchev–Trinajstić information content (AvgIpc) is 3.37. The number of hydrogen-bond acceptors (Lipinski definition) is 11. The molecule has 73 heavy (non-hydrogen) atoms. The fraction of sp³-hybridized carbons (Fsp3) is 0.738. The second-order valence-electron chi connectivity index (χ2n) is 19.6. The van der Waals surface area contributed by atoms with Crippen molar-refractivity contribution >= 4 is 23.9 Å². The van der Waals surface area contributed by atoms with Gasteiger partial charge in [-0.1, -0.05) is 235 Å². The number of ether oxygens (including phenoxy) is 5. The van der Waals surface area contributed by atoms with Crippen LogP contribution < -0.4 is 0 Å². The van der Waals surface area contributed by atoms with Gasteiger partial charge in [-0.3, -0.25) is 14.4 Å². The first kappa shape index (κ1) is 67.2. The highest BCUT2D eigenvalue weighted by Crippen LogP contribution is 2.26. The largest absolute Gasteiger partial charge is 0.479 e. The van der Waals surface area contributed by atoms with Gasteiger partial charge in [0, 0.05) is 19.3 Å². The van der Waals surface area contributed by atoms with E-state index in [4.69, 9.17) is 23.7 Å². The lowest BCUT2D eigenvalue weighted by molar-refractivity contribution is -0.301. The zero-order valence-electron chi connectivity index (χ0n) is 45.9. The van der Waals surface area contributed by atoms with E-state index in [1.165, 1.54) is 96.3 Å². The van der Waals surface area contributed by atoms with Gasteiger partial charge in [-0.2, -0.15) is 0 Å². The standard InChI is InChI=1S/C61H102O12/c1-4-7-10-13-16-19-22-24-25-26-27-28-29-31-33-35-38-41-44-47-53(62)69-50-52(71-54(63)48-45-42-39-36-32-21-18-15-12-9-6-3)51-70-61-59(57(66)56(65)58(73-61)60(67)68)72-55(64)49-46-43-40-37-34-30-23-20-17-14-11-8-5-2/h7,10,16,19,24-25,27-28,31,33,38,41,52,56-59,61,65-66H,4-6,8-9,11-15,17-18,20-23,26,29-30,32,34-37,39-40,42-51H2,1-3H3,(H,67,68)/b10-7-,19-16-,25-24-,28-27-,33-31-,41-38-. The minimum atomic E-state index is -1.91. The van der Waals surface area contributed by atoms with E-state index in [2.05, 4.69) is 81.5 Å². The van der Waals surface area contributed by atoms with Gasteiger partial charge in [0.1, 0.15) is 18.8 Å². The van der Waals surface area contributed by atoms with Crippen molar-refractivity contribution in [3.8, 4) is 0 Å². The van der Waals surface area contributed by atoms with Gasteiger partial charge in [-0.15, -0.1) is 0 Å². The fourth-order valence-electron chi connectivity index (χ4n) is 8.39. The minimum Gasteiger partial charge on any atom is -0.479 e. The van der Waals surface area contributed by atoms with Crippen LogP contribution in [0.15, 0.2) is 72.9 Å². The summed E-state index contributed by atoms with van der Waals surface area (Å²) in [6, 6.07) is 0. The summed E-state index contributed by atoms with van der Waals surface area (Å²) in [4.78, 5) is 51.0. The molecule has 0 aromatic heterocycles. The van der Waals surface area contributed by atoms with Crippen LogP contribution in [0.1, 0.15) is 239 Å². The number of unbranched alkanes of at least 4 members (excludes halogenated alkanes) is 22. The maximum Gasteiger partial charge on any atom is 0.335 e. The third-order valence-corrected chi connectivity index (χ3v) is 12.8. The summed E-state index contributed by atoms with van der Waals surface area (Å²) in [6.45, 7) is 5.80. The summed E-state index contributed by atoms with van der Waals surface area (Å²) < 4.78 is 28.3. The van der Waals surface area contributed by atoms with Crippen LogP contribution in [0, 0.1) is 0 Å². The summed E-state index contributed by atoms with van der Waals surface area (Å²) >= 11 is 0. The fourth-order valence-corrected chi connectivity index (χ4v) is 8.39. The Morgan fingerprint density at radius 1 is 0.466 bits per heavy atom. The van der Waals surface area contributed by atoms with Gasteiger partial charge < -0.3 is 39.0 Å². The number of hydrogen-bond donors (Lipinski definition) is 3.